The molecule has 0 aliphatic rings. The minimum atomic E-state index is -0.813. The van der Waals surface area contributed by atoms with E-state index in [-0.39, 0.29) is 0 Å². The van der Waals surface area contributed by atoms with Crippen molar-refractivity contribution in [2.75, 3.05) is 0 Å². The second kappa shape index (κ2) is 4.35. The zero-order valence-corrected chi connectivity index (χ0v) is 9.60. The number of aliphatic hydroxyl groups is 1. The van der Waals surface area contributed by atoms with E-state index in [1.54, 1.807) is 32.1 Å². The van der Waals surface area contributed by atoms with Gasteiger partial charge in [-0.05, 0) is 31.5 Å². The Balaban J connectivity index is 2.89. The molecule has 0 bridgehead atoms. The van der Waals surface area contributed by atoms with Gasteiger partial charge in [0.2, 0.25) is 0 Å². The van der Waals surface area contributed by atoms with Crippen molar-refractivity contribution in [2.45, 2.75) is 19.4 Å². The molecular weight excluding hydrogens is 219 g/mol. The number of halogens is 2. The normalized spacial score (nSPS) is 12.4. The van der Waals surface area contributed by atoms with E-state index < -0.39 is 5.60 Å². The second-order valence-electron chi connectivity index (χ2n) is 3.66. The summed E-state index contributed by atoms with van der Waals surface area (Å²) in [7, 11) is 0. The molecule has 0 aliphatic heterocycles. The van der Waals surface area contributed by atoms with Crippen molar-refractivity contribution in [3.8, 4) is 0 Å². The molecule has 3 heteroatoms. The highest BCUT2D eigenvalue weighted by atomic mass is 35.5. The molecule has 1 aromatic carbocycles. The van der Waals surface area contributed by atoms with Crippen molar-refractivity contribution >= 4 is 29.3 Å². The van der Waals surface area contributed by atoms with E-state index in [1.807, 2.05) is 12.1 Å². The Kier molecular flexibility index (Phi) is 3.59. The largest absolute Gasteiger partial charge is 0.386 e. The van der Waals surface area contributed by atoms with Gasteiger partial charge in [-0.2, -0.15) is 0 Å². The van der Waals surface area contributed by atoms with E-state index in [2.05, 4.69) is 0 Å². The molecule has 0 saturated carbocycles. The molecule has 0 fully saturated rings. The fraction of sp³-hybridized carbons (Fsp3) is 0.273. The highest BCUT2D eigenvalue weighted by Gasteiger charge is 2.05. The second-order valence-corrected chi connectivity index (χ2v) is 4.47. The quantitative estimate of drug-likeness (QED) is 0.821. The highest BCUT2D eigenvalue weighted by Crippen LogP contribution is 2.23. The number of hydrogen-bond donors (Lipinski definition) is 1. The van der Waals surface area contributed by atoms with Crippen LogP contribution in [0.5, 0.6) is 0 Å². The Bertz CT molecular complexity index is 351. The Morgan fingerprint density at radius 2 is 1.86 bits per heavy atom. The minimum absolute atomic E-state index is 0.518. The van der Waals surface area contributed by atoms with E-state index >= 15 is 0 Å². The average Bonchev–Trinajstić information content (AvgIpc) is 2.06. The molecule has 0 spiro atoms. The molecule has 0 atom stereocenters. The summed E-state index contributed by atoms with van der Waals surface area (Å²) in [6, 6.07) is 5.33. The predicted octanol–water partition coefficient (Wildman–Crippen LogP) is 3.78. The summed E-state index contributed by atoms with van der Waals surface area (Å²) < 4.78 is 0. The van der Waals surface area contributed by atoms with Gasteiger partial charge in [-0.25, -0.2) is 0 Å². The van der Waals surface area contributed by atoms with Crippen LogP contribution in [0.15, 0.2) is 24.3 Å². The summed E-state index contributed by atoms with van der Waals surface area (Å²) in [5, 5.41) is 10.5. The third-order valence-electron chi connectivity index (χ3n) is 1.63. The Hall–Kier alpha value is -0.500. The predicted molar refractivity (Wildman–Crippen MR) is 61.8 cm³/mol. The standard InChI is InChI=1S/C11H12Cl2O/c1-11(2,14)6-5-8-3-4-9(12)10(13)7-8/h3-7,14H,1-2H3/b6-5+. The van der Waals surface area contributed by atoms with Crippen LogP contribution in [0.4, 0.5) is 0 Å². The third-order valence-corrected chi connectivity index (χ3v) is 2.37. The zero-order chi connectivity index (χ0) is 10.8. The number of benzene rings is 1. The van der Waals surface area contributed by atoms with Gasteiger partial charge in [0.15, 0.2) is 0 Å². The summed E-state index contributed by atoms with van der Waals surface area (Å²) >= 11 is 11.6. The lowest BCUT2D eigenvalue weighted by molar-refractivity contribution is 0.134. The van der Waals surface area contributed by atoms with Gasteiger partial charge in [-0.15, -0.1) is 0 Å². The van der Waals surface area contributed by atoms with Gasteiger partial charge in [-0.1, -0.05) is 41.4 Å². The van der Waals surface area contributed by atoms with Crippen molar-refractivity contribution in [1.29, 1.82) is 0 Å². The summed E-state index contributed by atoms with van der Waals surface area (Å²) in [5.41, 5.74) is 0.105. The number of rotatable bonds is 2. The van der Waals surface area contributed by atoms with Gasteiger partial charge in [0.05, 0.1) is 15.6 Å². The van der Waals surface area contributed by atoms with Crippen LogP contribution < -0.4 is 0 Å². The van der Waals surface area contributed by atoms with E-state index in [0.29, 0.717) is 10.0 Å². The molecule has 1 rings (SSSR count). The molecular formula is C11H12Cl2O. The first kappa shape index (κ1) is 11.6. The fourth-order valence-corrected chi connectivity index (χ4v) is 1.22. The van der Waals surface area contributed by atoms with E-state index in [1.165, 1.54) is 0 Å². The van der Waals surface area contributed by atoms with Gasteiger partial charge in [0, 0.05) is 0 Å². The molecule has 0 saturated heterocycles. The topological polar surface area (TPSA) is 20.2 Å². The van der Waals surface area contributed by atoms with Gasteiger partial charge in [-0.3, -0.25) is 0 Å². The lowest BCUT2D eigenvalue weighted by atomic mass is 10.1. The third kappa shape index (κ3) is 3.70. The molecule has 1 N–H and O–H groups in total. The maximum Gasteiger partial charge on any atom is 0.0774 e. The zero-order valence-electron chi connectivity index (χ0n) is 8.09. The Labute approximate surface area is 94.0 Å². The van der Waals surface area contributed by atoms with Crippen molar-refractivity contribution in [3.63, 3.8) is 0 Å². The van der Waals surface area contributed by atoms with Crippen LogP contribution in [0.3, 0.4) is 0 Å². The SMILES string of the molecule is CC(C)(O)/C=C/c1ccc(Cl)c(Cl)c1. The highest BCUT2D eigenvalue weighted by molar-refractivity contribution is 6.42. The van der Waals surface area contributed by atoms with E-state index in [9.17, 15) is 5.11 Å². The first-order valence-electron chi connectivity index (χ1n) is 4.25. The molecule has 0 heterocycles. The van der Waals surface area contributed by atoms with Crippen molar-refractivity contribution < 1.29 is 5.11 Å². The van der Waals surface area contributed by atoms with Crippen LogP contribution in [0.2, 0.25) is 10.0 Å². The smallest absolute Gasteiger partial charge is 0.0774 e. The van der Waals surface area contributed by atoms with Crippen LogP contribution in [0, 0.1) is 0 Å². The first-order valence-corrected chi connectivity index (χ1v) is 5.01. The van der Waals surface area contributed by atoms with Crippen molar-refractivity contribution in [1.82, 2.24) is 0 Å². The molecule has 0 radical (unpaired) electrons. The van der Waals surface area contributed by atoms with Crippen molar-refractivity contribution in [2.24, 2.45) is 0 Å². The molecule has 1 nitrogen and oxygen atoms in total. The van der Waals surface area contributed by atoms with Crippen LogP contribution in [0.25, 0.3) is 6.08 Å². The number of hydrogen-bond acceptors (Lipinski definition) is 1. The molecule has 0 amide bonds. The van der Waals surface area contributed by atoms with Crippen LogP contribution >= 0.6 is 23.2 Å². The molecule has 14 heavy (non-hydrogen) atoms. The Morgan fingerprint density at radius 3 is 2.36 bits per heavy atom. The molecule has 0 unspecified atom stereocenters. The van der Waals surface area contributed by atoms with Crippen LogP contribution in [-0.4, -0.2) is 10.7 Å². The fourth-order valence-electron chi connectivity index (χ4n) is 0.916. The monoisotopic (exact) mass is 230 g/mol. The van der Waals surface area contributed by atoms with E-state index in [4.69, 9.17) is 23.2 Å². The first-order chi connectivity index (χ1) is 6.38. The minimum Gasteiger partial charge on any atom is -0.386 e. The molecule has 0 aliphatic carbocycles. The summed E-state index contributed by atoms with van der Waals surface area (Å²) in [6.45, 7) is 3.42. The lowest BCUT2D eigenvalue weighted by Crippen LogP contribution is -2.13. The summed E-state index contributed by atoms with van der Waals surface area (Å²) in [4.78, 5) is 0. The van der Waals surface area contributed by atoms with Crippen LogP contribution in [0.1, 0.15) is 19.4 Å². The Morgan fingerprint density at radius 1 is 1.21 bits per heavy atom. The maximum absolute atomic E-state index is 9.46. The van der Waals surface area contributed by atoms with Crippen LogP contribution in [-0.2, 0) is 0 Å². The van der Waals surface area contributed by atoms with Crippen molar-refractivity contribution in [3.05, 3.63) is 39.9 Å². The van der Waals surface area contributed by atoms with E-state index in [0.717, 1.165) is 5.56 Å². The van der Waals surface area contributed by atoms with Gasteiger partial charge in [0.1, 0.15) is 0 Å². The maximum atomic E-state index is 9.46. The summed E-state index contributed by atoms with van der Waals surface area (Å²) in [5.74, 6) is 0. The average molecular weight is 231 g/mol. The lowest BCUT2D eigenvalue weighted by Gasteiger charge is -2.10. The van der Waals surface area contributed by atoms with Gasteiger partial charge < -0.3 is 5.11 Å². The summed E-state index contributed by atoms with van der Waals surface area (Å²) in [6.07, 6.45) is 3.51. The molecule has 0 aromatic heterocycles. The molecule has 76 valence electrons. The molecule has 1 aromatic rings. The van der Waals surface area contributed by atoms with Gasteiger partial charge >= 0.3 is 0 Å². The van der Waals surface area contributed by atoms with Gasteiger partial charge in [0.25, 0.3) is 0 Å².